The van der Waals surface area contributed by atoms with Gasteiger partial charge in [0, 0.05) is 17.9 Å². The summed E-state index contributed by atoms with van der Waals surface area (Å²) in [6.07, 6.45) is 8.84. The highest BCUT2D eigenvalue weighted by atomic mass is 35.5. The number of rotatable bonds is 11. The number of hydrogen-bond acceptors (Lipinski definition) is 5. The Morgan fingerprint density at radius 1 is 1.28 bits per heavy atom. The summed E-state index contributed by atoms with van der Waals surface area (Å²) in [4.78, 5) is 9.65. The molecule has 0 spiro atoms. The van der Waals surface area contributed by atoms with Gasteiger partial charge in [0.2, 0.25) is 5.88 Å². The largest absolute Gasteiger partial charge is 0.468 e. The van der Waals surface area contributed by atoms with Gasteiger partial charge in [0.15, 0.2) is 0 Å². The molecule has 1 saturated heterocycles. The van der Waals surface area contributed by atoms with Crippen molar-refractivity contribution < 1.29 is 19.0 Å². The normalized spacial score (nSPS) is 24.0. The van der Waals surface area contributed by atoms with E-state index in [1.165, 1.54) is 0 Å². The highest BCUT2D eigenvalue weighted by Gasteiger charge is 2.37. The van der Waals surface area contributed by atoms with Crippen molar-refractivity contribution in [3.05, 3.63) is 69.5 Å². The van der Waals surface area contributed by atoms with Gasteiger partial charge in [-0.15, -0.1) is 0 Å². The number of aliphatic hydroxyl groups is 1. The van der Waals surface area contributed by atoms with Crippen LogP contribution in [0, 0.1) is 24.6 Å². The number of aliphatic hydroxyl groups excluding tert-OH is 1. The van der Waals surface area contributed by atoms with Crippen molar-refractivity contribution in [2.24, 2.45) is 16.8 Å². The molecule has 6 nitrogen and oxygen atoms in total. The average Bonchev–Trinajstić information content (AvgIpc) is 3.57. The summed E-state index contributed by atoms with van der Waals surface area (Å²) in [5.74, 6) is 1.96. The Morgan fingerprint density at radius 3 is 2.74 bits per heavy atom. The lowest BCUT2D eigenvalue weighted by Gasteiger charge is -2.21. The Balaban J connectivity index is 1.51. The number of aryl methyl sites for hydroxylation is 2. The van der Waals surface area contributed by atoms with Crippen LogP contribution in [0.3, 0.4) is 0 Å². The molecule has 2 aromatic rings. The second-order valence-corrected chi connectivity index (χ2v) is 12.4. The highest BCUT2D eigenvalue weighted by Crippen LogP contribution is 2.40. The minimum Gasteiger partial charge on any atom is -0.468 e. The first-order chi connectivity index (χ1) is 20.6. The molecular formula is C35H47ClFN3O3. The zero-order valence-electron chi connectivity index (χ0n) is 26.6. The third kappa shape index (κ3) is 7.86. The van der Waals surface area contributed by atoms with Crippen molar-refractivity contribution >= 4 is 28.8 Å². The van der Waals surface area contributed by atoms with Crippen LogP contribution in [0.2, 0.25) is 5.02 Å². The van der Waals surface area contributed by atoms with E-state index in [1.807, 2.05) is 39.8 Å². The van der Waals surface area contributed by atoms with E-state index in [2.05, 4.69) is 44.3 Å². The molecule has 43 heavy (non-hydrogen) atoms. The number of aliphatic imine (C=N–C) groups is 1. The van der Waals surface area contributed by atoms with Crippen molar-refractivity contribution in [1.82, 2.24) is 4.98 Å². The van der Waals surface area contributed by atoms with Gasteiger partial charge in [-0.25, -0.2) is 4.39 Å². The third-order valence-electron chi connectivity index (χ3n) is 8.79. The van der Waals surface area contributed by atoms with E-state index < -0.39 is 12.2 Å². The van der Waals surface area contributed by atoms with E-state index in [4.69, 9.17) is 31.1 Å². The van der Waals surface area contributed by atoms with Crippen molar-refractivity contribution in [1.29, 1.82) is 0 Å². The van der Waals surface area contributed by atoms with E-state index in [9.17, 15) is 5.11 Å². The smallest absolute Gasteiger partial charge is 0.235 e. The van der Waals surface area contributed by atoms with Crippen molar-refractivity contribution in [3.8, 4) is 5.88 Å². The average molecular weight is 612 g/mol. The maximum Gasteiger partial charge on any atom is 0.235 e. The van der Waals surface area contributed by atoms with Crippen LogP contribution in [0.25, 0.3) is 5.57 Å². The molecule has 1 aromatic carbocycles. The molecule has 2 N–H and O–H groups in total. The number of nitrogens with one attached hydrogen (secondary N) is 1. The molecule has 0 bridgehead atoms. The minimum atomic E-state index is -0.498. The first-order valence-corrected chi connectivity index (χ1v) is 16.1. The number of nitrogens with zero attached hydrogens (tertiary/aromatic N) is 2. The van der Waals surface area contributed by atoms with E-state index >= 15 is 4.39 Å². The fourth-order valence-corrected chi connectivity index (χ4v) is 5.93. The molecule has 1 fully saturated rings. The van der Waals surface area contributed by atoms with Gasteiger partial charge in [0.05, 0.1) is 24.9 Å². The molecule has 4 rings (SSSR count). The lowest BCUT2D eigenvalue weighted by Crippen LogP contribution is -2.32. The zero-order valence-corrected chi connectivity index (χ0v) is 27.3. The molecule has 8 heteroatoms. The van der Waals surface area contributed by atoms with Crippen LogP contribution in [0.1, 0.15) is 95.6 Å². The summed E-state index contributed by atoms with van der Waals surface area (Å²) >= 11 is 6.59. The molecule has 0 radical (unpaired) electrons. The number of hydrogen-bond donors (Lipinski definition) is 2. The molecule has 4 unspecified atom stereocenters. The molecule has 0 amide bonds. The predicted octanol–water partition coefficient (Wildman–Crippen LogP) is 8.65. The summed E-state index contributed by atoms with van der Waals surface area (Å²) in [6, 6.07) is 5.42. The number of allylic oxidation sites excluding steroid dienone is 4. The molecule has 2 aliphatic rings. The Morgan fingerprint density at radius 2 is 2.05 bits per heavy atom. The van der Waals surface area contributed by atoms with Crippen LogP contribution in [-0.2, 0) is 11.2 Å². The zero-order chi connectivity index (χ0) is 31.3. The summed E-state index contributed by atoms with van der Waals surface area (Å²) < 4.78 is 27.7. The fourth-order valence-electron chi connectivity index (χ4n) is 5.68. The third-order valence-corrected chi connectivity index (χ3v) is 9.06. The Hall–Kier alpha value is -2.74. The second-order valence-electron chi connectivity index (χ2n) is 12.0. The molecular weight excluding hydrogens is 565 g/mol. The van der Waals surface area contributed by atoms with E-state index in [-0.39, 0.29) is 29.8 Å². The lowest BCUT2D eigenvalue weighted by atomic mass is 9.95. The topological polar surface area (TPSA) is 76.0 Å². The highest BCUT2D eigenvalue weighted by molar-refractivity contribution is 6.32. The maximum absolute atomic E-state index is 15.5. The van der Waals surface area contributed by atoms with Crippen LogP contribution in [-0.4, -0.2) is 40.8 Å². The molecule has 0 saturated carbocycles. The minimum absolute atomic E-state index is 0.0609. The SMILES string of the molecule is CCC(=NC1CO[C@H](C(O)CC)[C@@H]1C)Nc1nc(OC2CCc3cc(/C(C)=C/C=C\C(C)CC)cc(F)c32)c(Cl)cc1C. The van der Waals surface area contributed by atoms with Crippen molar-refractivity contribution in [3.63, 3.8) is 0 Å². The Kier molecular flexibility index (Phi) is 11.4. The number of pyridine rings is 1. The molecule has 6 atom stereocenters. The molecule has 1 aliphatic carbocycles. The molecule has 1 aromatic heterocycles. The van der Waals surface area contributed by atoms with Gasteiger partial charge in [-0.1, -0.05) is 76.9 Å². The predicted molar refractivity (Wildman–Crippen MR) is 175 cm³/mol. The number of ether oxygens (including phenoxy) is 2. The standard InChI is InChI=1S/C35H47ClFN3O3/c1-8-20(4)12-11-13-21(5)25-17-24-14-15-30(32(24)27(37)18-25)43-35-26(36)16-22(6)34(40-35)39-31(10-3)38-28-19-42-33(23(28)7)29(41)9-2/h11-13,16-18,20,23,28-30,33,41H,8-10,14-15,19H2,1-7H3,(H,38,39,40)/b12-11-,21-13+/t20?,23-,28?,29?,30?,33+/m1/s1. The van der Waals surface area contributed by atoms with E-state index in [0.29, 0.717) is 48.2 Å². The Labute approximate surface area is 261 Å². The summed E-state index contributed by atoms with van der Waals surface area (Å²) in [6.45, 7) is 14.8. The monoisotopic (exact) mass is 611 g/mol. The first-order valence-electron chi connectivity index (χ1n) is 15.7. The summed E-state index contributed by atoms with van der Waals surface area (Å²) in [5, 5.41) is 14.0. The quantitative estimate of drug-likeness (QED) is 0.151. The van der Waals surface area contributed by atoms with Gasteiger partial charge >= 0.3 is 0 Å². The number of benzene rings is 1. The van der Waals surface area contributed by atoms with Gasteiger partial charge < -0.3 is 19.9 Å². The maximum atomic E-state index is 15.5. The lowest BCUT2D eigenvalue weighted by molar-refractivity contribution is -0.0176. The van der Waals surface area contributed by atoms with Crippen molar-refractivity contribution in [2.45, 2.75) is 105 Å². The van der Waals surface area contributed by atoms with Gasteiger partial charge in [0.25, 0.3) is 0 Å². The summed E-state index contributed by atoms with van der Waals surface area (Å²) in [7, 11) is 0. The van der Waals surface area contributed by atoms with Gasteiger partial charge in [-0.3, -0.25) is 4.99 Å². The number of aromatic nitrogens is 1. The number of halogens is 2. The fraction of sp³-hybridized carbons (Fsp3) is 0.543. The Bertz CT molecular complexity index is 1370. The molecule has 2 heterocycles. The second kappa shape index (κ2) is 14.8. The number of anilines is 1. The van der Waals surface area contributed by atoms with Crippen LogP contribution in [0.5, 0.6) is 5.88 Å². The van der Waals surface area contributed by atoms with E-state index in [1.54, 1.807) is 6.07 Å². The van der Waals surface area contributed by atoms with Crippen LogP contribution < -0.4 is 10.1 Å². The number of fused-ring (bicyclic) bond motifs is 1. The van der Waals surface area contributed by atoms with Crippen LogP contribution in [0.4, 0.5) is 10.2 Å². The van der Waals surface area contributed by atoms with Gasteiger partial charge in [-0.05, 0) is 73.4 Å². The van der Waals surface area contributed by atoms with Crippen LogP contribution >= 0.6 is 11.6 Å². The van der Waals surface area contributed by atoms with Gasteiger partial charge in [-0.2, -0.15) is 4.98 Å². The van der Waals surface area contributed by atoms with E-state index in [0.717, 1.165) is 40.9 Å². The summed E-state index contributed by atoms with van der Waals surface area (Å²) in [5.41, 5.74) is 4.29. The van der Waals surface area contributed by atoms with Crippen LogP contribution in [0.15, 0.2) is 41.4 Å². The van der Waals surface area contributed by atoms with Crippen molar-refractivity contribution in [2.75, 3.05) is 11.9 Å². The molecule has 1 aliphatic heterocycles. The molecule has 234 valence electrons. The first kappa shape index (κ1) is 33.2. The van der Waals surface area contributed by atoms with Gasteiger partial charge in [0.1, 0.15) is 28.6 Å². The number of amidine groups is 1.